The Morgan fingerprint density at radius 1 is 0.955 bits per heavy atom. The largest absolute Gasteiger partial charge is 0.360 e. The quantitative estimate of drug-likeness (QED) is 0.453. The van der Waals surface area contributed by atoms with Gasteiger partial charge in [0.1, 0.15) is 0 Å². The molecule has 3 aromatic rings. The summed E-state index contributed by atoms with van der Waals surface area (Å²) in [6.07, 6.45) is 1.62. The molecule has 0 unspecified atom stereocenters. The zero-order valence-electron chi connectivity index (χ0n) is 11.4. The SMILES string of the molecule is O=C(NNC(=O)c1c[nH]c2ccccc12)c1cccc(I)c1. The number of rotatable bonds is 2. The Labute approximate surface area is 140 Å². The Balaban J connectivity index is 1.71. The van der Waals surface area contributed by atoms with E-state index in [9.17, 15) is 9.59 Å². The van der Waals surface area contributed by atoms with Crippen molar-refractivity contribution >= 4 is 45.3 Å². The summed E-state index contributed by atoms with van der Waals surface area (Å²) >= 11 is 2.13. The molecule has 6 heteroatoms. The van der Waals surface area contributed by atoms with Crippen LogP contribution in [0.15, 0.2) is 54.7 Å². The molecule has 0 bridgehead atoms. The first kappa shape index (κ1) is 14.6. The number of aromatic amines is 1. The van der Waals surface area contributed by atoms with Crippen molar-refractivity contribution in [3.8, 4) is 0 Å². The predicted molar refractivity (Wildman–Crippen MR) is 92.4 cm³/mol. The molecule has 0 radical (unpaired) electrons. The number of amides is 2. The summed E-state index contributed by atoms with van der Waals surface area (Å²) in [4.78, 5) is 27.2. The Morgan fingerprint density at radius 2 is 1.73 bits per heavy atom. The Kier molecular flexibility index (Phi) is 4.10. The van der Waals surface area contributed by atoms with Crippen LogP contribution in [0.4, 0.5) is 0 Å². The van der Waals surface area contributed by atoms with E-state index in [-0.39, 0.29) is 11.8 Å². The van der Waals surface area contributed by atoms with Gasteiger partial charge in [-0.1, -0.05) is 24.3 Å². The summed E-state index contributed by atoms with van der Waals surface area (Å²) in [6, 6.07) is 14.6. The van der Waals surface area contributed by atoms with E-state index in [2.05, 4.69) is 38.4 Å². The van der Waals surface area contributed by atoms with Crippen LogP contribution in [0.25, 0.3) is 10.9 Å². The number of hydrazine groups is 1. The summed E-state index contributed by atoms with van der Waals surface area (Å²) in [5.41, 5.74) is 6.71. The smallest absolute Gasteiger partial charge is 0.271 e. The monoisotopic (exact) mass is 405 g/mol. The standard InChI is InChI=1S/C16H12IN3O2/c17-11-5-3-4-10(8-11)15(21)19-20-16(22)13-9-18-14-7-2-1-6-12(13)14/h1-9,18H,(H,19,21)(H,20,22). The maximum absolute atomic E-state index is 12.2. The first-order valence-corrected chi connectivity index (χ1v) is 7.65. The molecule has 1 heterocycles. The molecule has 5 nitrogen and oxygen atoms in total. The maximum atomic E-state index is 12.2. The van der Waals surface area contributed by atoms with E-state index in [1.54, 1.807) is 24.4 Å². The summed E-state index contributed by atoms with van der Waals surface area (Å²) in [5.74, 6) is -0.719. The number of H-pyrrole nitrogens is 1. The lowest BCUT2D eigenvalue weighted by Gasteiger charge is -2.07. The third-order valence-electron chi connectivity index (χ3n) is 3.21. The average molecular weight is 405 g/mol. The van der Waals surface area contributed by atoms with Gasteiger partial charge in [-0.05, 0) is 46.9 Å². The van der Waals surface area contributed by atoms with E-state index in [4.69, 9.17) is 0 Å². The lowest BCUT2D eigenvalue weighted by atomic mass is 10.2. The molecule has 0 fully saturated rings. The van der Waals surface area contributed by atoms with Gasteiger partial charge in [-0.3, -0.25) is 20.4 Å². The average Bonchev–Trinajstić information content (AvgIpc) is 2.96. The number of hydrogen-bond donors (Lipinski definition) is 3. The van der Waals surface area contributed by atoms with Gasteiger partial charge in [0.2, 0.25) is 0 Å². The Morgan fingerprint density at radius 3 is 2.55 bits per heavy atom. The Hall–Kier alpha value is -2.35. The van der Waals surface area contributed by atoms with Crippen LogP contribution < -0.4 is 10.9 Å². The number of benzene rings is 2. The van der Waals surface area contributed by atoms with Gasteiger partial charge in [0.25, 0.3) is 11.8 Å². The van der Waals surface area contributed by atoms with Crippen LogP contribution >= 0.6 is 22.6 Å². The van der Waals surface area contributed by atoms with E-state index in [1.807, 2.05) is 30.3 Å². The van der Waals surface area contributed by atoms with Gasteiger partial charge in [0.05, 0.1) is 5.56 Å². The van der Waals surface area contributed by atoms with Crippen molar-refractivity contribution in [1.82, 2.24) is 15.8 Å². The molecule has 0 aliphatic heterocycles. The first-order chi connectivity index (χ1) is 10.6. The number of hydrogen-bond acceptors (Lipinski definition) is 2. The van der Waals surface area contributed by atoms with Crippen LogP contribution in [0, 0.1) is 3.57 Å². The van der Waals surface area contributed by atoms with E-state index in [0.717, 1.165) is 14.5 Å². The molecular formula is C16H12IN3O2. The van der Waals surface area contributed by atoms with Crippen molar-refractivity contribution in [3.05, 3.63) is 69.4 Å². The van der Waals surface area contributed by atoms with Gasteiger partial charge < -0.3 is 4.98 Å². The van der Waals surface area contributed by atoms with Crippen molar-refractivity contribution in [2.45, 2.75) is 0 Å². The molecule has 0 aliphatic carbocycles. The van der Waals surface area contributed by atoms with Crippen molar-refractivity contribution in [2.75, 3.05) is 0 Å². The fraction of sp³-hybridized carbons (Fsp3) is 0. The molecule has 0 atom stereocenters. The lowest BCUT2D eigenvalue weighted by molar-refractivity contribution is 0.0847. The summed E-state index contributed by atoms with van der Waals surface area (Å²) in [6.45, 7) is 0. The molecule has 2 aromatic carbocycles. The fourth-order valence-corrected chi connectivity index (χ4v) is 2.69. The minimum absolute atomic E-state index is 0.355. The van der Waals surface area contributed by atoms with Crippen molar-refractivity contribution in [2.24, 2.45) is 0 Å². The van der Waals surface area contributed by atoms with Crippen LogP contribution in [0.1, 0.15) is 20.7 Å². The number of aromatic nitrogens is 1. The second kappa shape index (κ2) is 6.18. The van der Waals surface area contributed by atoms with Crippen LogP contribution in [0.3, 0.4) is 0 Å². The lowest BCUT2D eigenvalue weighted by Crippen LogP contribution is -2.41. The topological polar surface area (TPSA) is 74.0 Å². The highest BCUT2D eigenvalue weighted by atomic mass is 127. The third-order valence-corrected chi connectivity index (χ3v) is 3.88. The molecule has 110 valence electrons. The summed E-state index contributed by atoms with van der Waals surface area (Å²) < 4.78 is 0.952. The highest BCUT2D eigenvalue weighted by Crippen LogP contribution is 2.17. The van der Waals surface area contributed by atoms with E-state index in [0.29, 0.717) is 11.1 Å². The van der Waals surface area contributed by atoms with Crippen molar-refractivity contribution < 1.29 is 9.59 Å². The maximum Gasteiger partial charge on any atom is 0.271 e. The molecule has 2 amide bonds. The van der Waals surface area contributed by atoms with Gasteiger partial charge in [0.15, 0.2) is 0 Å². The van der Waals surface area contributed by atoms with Crippen LogP contribution in [0.2, 0.25) is 0 Å². The summed E-state index contributed by atoms with van der Waals surface area (Å²) in [7, 11) is 0. The number of nitrogens with one attached hydrogen (secondary N) is 3. The summed E-state index contributed by atoms with van der Waals surface area (Å²) in [5, 5.41) is 0.809. The molecule has 0 aliphatic rings. The van der Waals surface area contributed by atoms with Crippen LogP contribution in [-0.2, 0) is 0 Å². The third kappa shape index (κ3) is 2.96. The molecule has 22 heavy (non-hydrogen) atoms. The molecule has 0 saturated heterocycles. The van der Waals surface area contributed by atoms with Crippen molar-refractivity contribution in [3.63, 3.8) is 0 Å². The minimum atomic E-state index is -0.364. The zero-order chi connectivity index (χ0) is 15.5. The van der Waals surface area contributed by atoms with Crippen molar-refractivity contribution in [1.29, 1.82) is 0 Å². The van der Waals surface area contributed by atoms with Gasteiger partial charge in [-0.15, -0.1) is 0 Å². The van der Waals surface area contributed by atoms with Crippen LogP contribution in [-0.4, -0.2) is 16.8 Å². The number of fused-ring (bicyclic) bond motifs is 1. The van der Waals surface area contributed by atoms with Gasteiger partial charge in [0, 0.05) is 26.2 Å². The van der Waals surface area contributed by atoms with Gasteiger partial charge in [-0.25, -0.2) is 0 Å². The molecule has 3 rings (SSSR count). The first-order valence-electron chi connectivity index (χ1n) is 6.57. The minimum Gasteiger partial charge on any atom is -0.360 e. The normalized spacial score (nSPS) is 10.4. The van der Waals surface area contributed by atoms with E-state index in [1.165, 1.54) is 0 Å². The fourth-order valence-electron chi connectivity index (χ4n) is 2.14. The zero-order valence-corrected chi connectivity index (χ0v) is 13.5. The molecule has 3 N–H and O–H groups in total. The van der Waals surface area contributed by atoms with E-state index >= 15 is 0 Å². The second-order valence-electron chi connectivity index (χ2n) is 4.67. The highest BCUT2D eigenvalue weighted by molar-refractivity contribution is 14.1. The number of carbonyl (C=O) groups is 2. The molecule has 0 saturated carbocycles. The predicted octanol–water partition coefficient (Wildman–Crippen LogP) is 2.85. The molecule has 1 aromatic heterocycles. The second-order valence-corrected chi connectivity index (χ2v) is 5.91. The Bertz CT molecular complexity index is 857. The number of carbonyl (C=O) groups excluding carboxylic acids is 2. The van der Waals surface area contributed by atoms with Gasteiger partial charge >= 0.3 is 0 Å². The molecule has 0 spiro atoms. The highest BCUT2D eigenvalue weighted by Gasteiger charge is 2.13. The van der Waals surface area contributed by atoms with E-state index < -0.39 is 0 Å². The molecular weight excluding hydrogens is 393 g/mol. The number of halogens is 1. The van der Waals surface area contributed by atoms with Crippen LogP contribution in [0.5, 0.6) is 0 Å². The number of para-hydroxylation sites is 1. The van der Waals surface area contributed by atoms with Gasteiger partial charge in [-0.2, -0.15) is 0 Å².